The van der Waals surface area contributed by atoms with Crippen molar-refractivity contribution < 1.29 is 0 Å². The van der Waals surface area contributed by atoms with Crippen LogP contribution in [-0.4, -0.2) is 41.5 Å². The maximum absolute atomic E-state index is 5.63. The monoisotopic (exact) mass is 265 g/mol. The molecule has 0 atom stereocenters. The lowest BCUT2D eigenvalue weighted by Gasteiger charge is -2.38. The zero-order chi connectivity index (χ0) is 13.9. The minimum atomic E-state index is 0.214. The standard InChI is InChI=1S/C12H23N7/c1-12(3-5-19(2)6-4-12)8-15-9-7-10(18-14)17-11(13)16-9/h7H,3-6,8,14H2,1-2H3,(H4,13,15,16,17,18). The molecule has 0 amide bonds. The van der Waals surface area contributed by atoms with Gasteiger partial charge in [0.25, 0.3) is 0 Å². The molecule has 0 aliphatic carbocycles. The van der Waals surface area contributed by atoms with Crippen molar-refractivity contribution >= 4 is 17.6 Å². The Balaban J connectivity index is 1.96. The number of nitrogens with one attached hydrogen (secondary N) is 2. The van der Waals surface area contributed by atoms with Crippen molar-refractivity contribution in [1.82, 2.24) is 14.9 Å². The Morgan fingerprint density at radius 3 is 2.58 bits per heavy atom. The van der Waals surface area contributed by atoms with E-state index in [9.17, 15) is 0 Å². The van der Waals surface area contributed by atoms with Crippen LogP contribution in [0.15, 0.2) is 6.07 Å². The summed E-state index contributed by atoms with van der Waals surface area (Å²) >= 11 is 0. The van der Waals surface area contributed by atoms with Crippen LogP contribution >= 0.6 is 0 Å². The Hall–Kier alpha value is -1.60. The van der Waals surface area contributed by atoms with E-state index in [0.29, 0.717) is 17.1 Å². The number of aromatic nitrogens is 2. The smallest absolute Gasteiger partial charge is 0.223 e. The van der Waals surface area contributed by atoms with Gasteiger partial charge in [-0.05, 0) is 38.4 Å². The maximum Gasteiger partial charge on any atom is 0.223 e. The van der Waals surface area contributed by atoms with E-state index < -0.39 is 0 Å². The number of nitrogen functional groups attached to an aromatic ring is 2. The molecular formula is C12H23N7. The van der Waals surface area contributed by atoms with E-state index in [2.05, 4.69) is 39.6 Å². The van der Waals surface area contributed by atoms with Crippen LogP contribution in [0.1, 0.15) is 19.8 Å². The Labute approximate surface area is 113 Å². The lowest BCUT2D eigenvalue weighted by Crippen LogP contribution is -2.40. The lowest BCUT2D eigenvalue weighted by atomic mass is 9.80. The van der Waals surface area contributed by atoms with E-state index in [0.717, 1.165) is 19.6 Å². The molecule has 6 N–H and O–H groups in total. The Kier molecular flexibility index (Phi) is 4.06. The van der Waals surface area contributed by atoms with Crippen molar-refractivity contribution in [2.45, 2.75) is 19.8 Å². The molecule has 0 bridgehead atoms. The zero-order valence-electron chi connectivity index (χ0n) is 11.6. The number of piperidine rings is 1. The van der Waals surface area contributed by atoms with Gasteiger partial charge in [-0.1, -0.05) is 6.92 Å². The van der Waals surface area contributed by atoms with Crippen LogP contribution in [-0.2, 0) is 0 Å². The highest BCUT2D eigenvalue weighted by Gasteiger charge is 2.28. The van der Waals surface area contributed by atoms with Gasteiger partial charge in [0.05, 0.1) is 0 Å². The highest BCUT2D eigenvalue weighted by molar-refractivity contribution is 5.50. The van der Waals surface area contributed by atoms with Crippen molar-refractivity contribution in [2.75, 3.05) is 43.2 Å². The van der Waals surface area contributed by atoms with E-state index in [1.165, 1.54) is 12.8 Å². The lowest BCUT2D eigenvalue weighted by molar-refractivity contribution is 0.150. The molecule has 7 nitrogen and oxygen atoms in total. The molecule has 1 aliphatic heterocycles. The molecule has 1 aromatic rings. The van der Waals surface area contributed by atoms with Gasteiger partial charge >= 0.3 is 0 Å². The van der Waals surface area contributed by atoms with E-state index >= 15 is 0 Å². The molecule has 1 saturated heterocycles. The summed E-state index contributed by atoms with van der Waals surface area (Å²) < 4.78 is 0. The molecule has 7 heteroatoms. The third kappa shape index (κ3) is 3.68. The fourth-order valence-corrected chi connectivity index (χ4v) is 2.27. The van der Waals surface area contributed by atoms with Crippen LogP contribution in [0.25, 0.3) is 0 Å². The average Bonchev–Trinajstić information content (AvgIpc) is 2.40. The highest BCUT2D eigenvalue weighted by atomic mass is 15.3. The normalized spacial score (nSPS) is 19.1. The number of nitrogens with zero attached hydrogens (tertiary/aromatic N) is 3. The highest BCUT2D eigenvalue weighted by Crippen LogP contribution is 2.30. The van der Waals surface area contributed by atoms with Crippen LogP contribution < -0.4 is 22.3 Å². The van der Waals surface area contributed by atoms with Crippen LogP contribution in [0.2, 0.25) is 0 Å². The fraction of sp³-hybridized carbons (Fsp3) is 0.667. The molecule has 19 heavy (non-hydrogen) atoms. The molecule has 0 aromatic carbocycles. The second-order valence-electron chi connectivity index (χ2n) is 5.61. The first-order valence-corrected chi connectivity index (χ1v) is 6.54. The summed E-state index contributed by atoms with van der Waals surface area (Å²) in [6.07, 6.45) is 2.36. The van der Waals surface area contributed by atoms with Gasteiger partial charge in [0, 0.05) is 12.6 Å². The van der Waals surface area contributed by atoms with Crippen molar-refractivity contribution in [2.24, 2.45) is 11.3 Å². The van der Waals surface area contributed by atoms with Gasteiger partial charge in [0.15, 0.2) is 0 Å². The zero-order valence-corrected chi connectivity index (χ0v) is 11.6. The Morgan fingerprint density at radius 2 is 1.95 bits per heavy atom. The number of hydrogen-bond donors (Lipinski definition) is 4. The summed E-state index contributed by atoms with van der Waals surface area (Å²) in [7, 11) is 2.16. The van der Waals surface area contributed by atoms with Crippen molar-refractivity contribution in [1.29, 1.82) is 0 Å². The Morgan fingerprint density at radius 1 is 1.32 bits per heavy atom. The third-order valence-corrected chi connectivity index (χ3v) is 3.78. The molecule has 0 saturated carbocycles. The van der Waals surface area contributed by atoms with Gasteiger partial charge < -0.3 is 21.4 Å². The summed E-state index contributed by atoms with van der Waals surface area (Å²) in [4.78, 5) is 10.5. The summed E-state index contributed by atoms with van der Waals surface area (Å²) in [5.41, 5.74) is 8.41. The van der Waals surface area contributed by atoms with Crippen LogP contribution in [0, 0.1) is 5.41 Å². The first-order chi connectivity index (χ1) is 9.00. The second kappa shape index (κ2) is 5.58. The SMILES string of the molecule is CN1CCC(C)(CNc2cc(NN)nc(N)n2)CC1. The minimum absolute atomic E-state index is 0.214. The van der Waals surface area contributed by atoms with Crippen molar-refractivity contribution in [3.63, 3.8) is 0 Å². The number of hydrazine groups is 1. The Bertz CT molecular complexity index is 426. The van der Waals surface area contributed by atoms with Crippen LogP contribution in [0.3, 0.4) is 0 Å². The number of anilines is 3. The molecule has 1 aliphatic rings. The third-order valence-electron chi connectivity index (χ3n) is 3.78. The van der Waals surface area contributed by atoms with Gasteiger partial charge in [0.1, 0.15) is 11.6 Å². The van der Waals surface area contributed by atoms with Crippen LogP contribution in [0.4, 0.5) is 17.6 Å². The maximum atomic E-state index is 5.63. The van der Waals surface area contributed by atoms with Crippen LogP contribution in [0.5, 0.6) is 0 Å². The largest absolute Gasteiger partial charge is 0.369 e. The van der Waals surface area contributed by atoms with E-state index in [-0.39, 0.29) is 5.95 Å². The molecular weight excluding hydrogens is 242 g/mol. The molecule has 106 valence electrons. The molecule has 2 heterocycles. The summed E-state index contributed by atoms with van der Waals surface area (Å²) in [6, 6.07) is 1.76. The molecule has 0 radical (unpaired) electrons. The van der Waals surface area contributed by atoms with Crippen molar-refractivity contribution in [3.05, 3.63) is 6.07 Å². The molecule has 0 spiro atoms. The molecule has 0 unspecified atom stereocenters. The summed E-state index contributed by atoms with van der Waals surface area (Å²) in [5, 5.41) is 3.34. The van der Waals surface area contributed by atoms with E-state index in [1.807, 2.05) is 0 Å². The van der Waals surface area contributed by atoms with Gasteiger partial charge in [-0.2, -0.15) is 9.97 Å². The first kappa shape index (κ1) is 13.8. The summed E-state index contributed by atoms with van der Waals surface area (Å²) in [5.74, 6) is 6.78. The minimum Gasteiger partial charge on any atom is -0.369 e. The topological polar surface area (TPSA) is 105 Å². The van der Waals surface area contributed by atoms with Gasteiger partial charge in [-0.25, -0.2) is 5.84 Å². The average molecular weight is 265 g/mol. The quantitative estimate of drug-likeness (QED) is 0.464. The van der Waals surface area contributed by atoms with E-state index in [4.69, 9.17) is 11.6 Å². The second-order valence-corrected chi connectivity index (χ2v) is 5.61. The van der Waals surface area contributed by atoms with Gasteiger partial charge in [-0.3, -0.25) is 0 Å². The number of likely N-dealkylation sites (tertiary alicyclic amines) is 1. The predicted octanol–water partition coefficient (Wildman–Crippen LogP) is 0.488. The van der Waals surface area contributed by atoms with Crippen molar-refractivity contribution in [3.8, 4) is 0 Å². The van der Waals surface area contributed by atoms with E-state index in [1.54, 1.807) is 6.07 Å². The molecule has 2 rings (SSSR count). The van der Waals surface area contributed by atoms with Gasteiger partial charge in [-0.15, -0.1) is 0 Å². The van der Waals surface area contributed by atoms with Gasteiger partial charge in [0.2, 0.25) is 5.95 Å². The number of hydrogen-bond acceptors (Lipinski definition) is 7. The molecule has 1 aromatic heterocycles. The number of rotatable bonds is 4. The fourth-order valence-electron chi connectivity index (χ4n) is 2.27. The molecule has 1 fully saturated rings. The first-order valence-electron chi connectivity index (χ1n) is 6.54. The summed E-state index contributed by atoms with van der Waals surface area (Å²) in [6.45, 7) is 5.46. The number of nitrogens with two attached hydrogens (primary N) is 2. The predicted molar refractivity (Wildman–Crippen MR) is 77.6 cm³/mol.